The Labute approximate surface area is 95.1 Å². The van der Waals surface area contributed by atoms with Crippen LogP contribution in [-0.4, -0.2) is 6.36 Å². The van der Waals surface area contributed by atoms with Gasteiger partial charge in [-0.1, -0.05) is 11.6 Å². The highest BCUT2D eigenvalue weighted by Crippen LogP contribution is 2.34. The molecule has 0 radical (unpaired) electrons. The van der Waals surface area contributed by atoms with Crippen LogP contribution in [0.15, 0.2) is 12.1 Å². The standard InChI is InChI=1S/C7H2ClF4IO/c8-3-1-2-4(13)5(9)6(3)14-7(10,11)12/h1-2H. The Morgan fingerprint density at radius 2 is 1.86 bits per heavy atom. The minimum atomic E-state index is -4.95. The van der Waals surface area contributed by atoms with Crippen molar-refractivity contribution in [3.63, 3.8) is 0 Å². The second kappa shape index (κ2) is 4.09. The molecule has 1 aromatic carbocycles. The SMILES string of the molecule is Fc1c(I)ccc(Cl)c1OC(F)(F)F. The van der Waals surface area contributed by atoms with Crippen molar-refractivity contribution in [2.24, 2.45) is 0 Å². The van der Waals surface area contributed by atoms with E-state index in [1.807, 2.05) is 0 Å². The van der Waals surface area contributed by atoms with Crippen molar-refractivity contribution >= 4 is 34.2 Å². The highest BCUT2D eigenvalue weighted by atomic mass is 127. The number of hydrogen-bond acceptors (Lipinski definition) is 1. The zero-order valence-corrected chi connectivity index (χ0v) is 9.24. The first-order valence-electron chi connectivity index (χ1n) is 3.20. The summed E-state index contributed by atoms with van der Waals surface area (Å²) in [7, 11) is 0. The average molecular weight is 340 g/mol. The van der Waals surface area contributed by atoms with Gasteiger partial charge in [-0.25, -0.2) is 4.39 Å². The van der Waals surface area contributed by atoms with Crippen LogP contribution in [0.1, 0.15) is 0 Å². The van der Waals surface area contributed by atoms with E-state index >= 15 is 0 Å². The van der Waals surface area contributed by atoms with Crippen LogP contribution >= 0.6 is 34.2 Å². The van der Waals surface area contributed by atoms with Crippen LogP contribution in [0.2, 0.25) is 5.02 Å². The van der Waals surface area contributed by atoms with E-state index in [2.05, 4.69) is 4.74 Å². The topological polar surface area (TPSA) is 9.23 Å². The van der Waals surface area contributed by atoms with Gasteiger partial charge in [-0.3, -0.25) is 0 Å². The fourth-order valence-electron chi connectivity index (χ4n) is 0.718. The van der Waals surface area contributed by atoms with E-state index in [1.54, 1.807) is 0 Å². The number of benzene rings is 1. The van der Waals surface area contributed by atoms with Crippen LogP contribution in [0.25, 0.3) is 0 Å². The van der Waals surface area contributed by atoms with Crippen LogP contribution in [0, 0.1) is 9.39 Å². The van der Waals surface area contributed by atoms with E-state index in [0.717, 1.165) is 6.07 Å². The monoisotopic (exact) mass is 340 g/mol. The molecule has 0 saturated carbocycles. The predicted octanol–water partition coefficient (Wildman–Crippen LogP) is 3.98. The van der Waals surface area contributed by atoms with E-state index in [0.29, 0.717) is 0 Å². The highest BCUT2D eigenvalue weighted by molar-refractivity contribution is 14.1. The molecule has 0 heterocycles. The molecule has 14 heavy (non-hydrogen) atoms. The summed E-state index contributed by atoms with van der Waals surface area (Å²) >= 11 is 6.88. The number of alkyl halides is 3. The van der Waals surface area contributed by atoms with Gasteiger partial charge >= 0.3 is 6.36 Å². The molecule has 0 aliphatic heterocycles. The fraction of sp³-hybridized carbons (Fsp3) is 0.143. The third-order valence-electron chi connectivity index (χ3n) is 1.22. The lowest BCUT2D eigenvalue weighted by molar-refractivity contribution is -0.275. The predicted molar refractivity (Wildman–Crippen MR) is 50.8 cm³/mol. The first-order chi connectivity index (χ1) is 6.31. The number of rotatable bonds is 1. The summed E-state index contributed by atoms with van der Waals surface area (Å²) < 4.78 is 51.9. The third kappa shape index (κ3) is 2.88. The molecule has 0 aliphatic rings. The van der Waals surface area contributed by atoms with Crippen molar-refractivity contribution in [1.82, 2.24) is 0 Å². The van der Waals surface area contributed by atoms with Crippen molar-refractivity contribution in [2.45, 2.75) is 6.36 Å². The molecule has 0 N–H and O–H groups in total. The highest BCUT2D eigenvalue weighted by Gasteiger charge is 2.33. The Morgan fingerprint density at radius 1 is 1.29 bits per heavy atom. The van der Waals surface area contributed by atoms with Gasteiger partial charge in [0.05, 0.1) is 8.59 Å². The van der Waals surface area contributed by atoms with Crippen molar-refractivity contribution < 1.29 is 22.3 Å². The van der Waals surface area contributed by atoms with Crippen LogP contribution in [0.5, 0.6) is 5.75 Å². The van der Waals surface area contributed by atoms with Crippen molar-refractivity contribution in [3.8, 4) is 5.75 Å². The Kier molecular flexibility index (Phi) is 3.46. The zero-order chi connectivity index (χ0) is 10.9. The number of halogens is 6. The first-order valence-corrected chi connectivity index (χ1v) is 4.66. The third-order valence-corrected chi connectivity index (χ3v) is 2.35. The quantitative estimate of drug-likeness (QED) is 0.427. The molecule has 0 atom stereocenters. The molecular weight excluding hydrogens is 338 g/mol. The maximum atomic E-state index is 13.1. The fourth-order valence-corrected chi connectivity index (χ4v) is 1.33. The first kappa shape index (κ1) is 11.8. The van der Waals surface area contributed by atoms with Gasteiger partial charge in [0.1, 0.15) is 0 Å². The van der Waals surface area contributed by atoms with Crippen molar-refractivity contribution in [3.05, 3.63) is 26.5 Å². The van der Waals surface area contributed by atoms with Gasteiger partial charge in [0.2, 0.25) is 0 Å². The Bertz CT molecular complexity index is 352. The van der Waals surface area contributed by atoms with Crippen LogP contribution in [-0.2, 0) is 0 Å². The normalized spacial score (nSPS) is 11.6. The van der Waals surface area contributed by atoms with Gasteiger partial charge in [0.15, 0.2) is 11.6 Å². The summed E-state index contributed by atoms with van der Waals surface area (Å²) in [6.45, 7) is 0. The Balaban J connectivity index is 3.13. The molecule has 0 spiro atoms. The van der Waals surface area contributed by atoms with Gasteiger partial charge in [-0.05, 0) is 34.7 Å². The minimum Gasteiger partial charge on any atom is -0.401 e. The smallest absolute Gasteiger partial charge is 0.401 e. The summed E-state index contributed by atoms with van der Waals surface area (Å²) in [5, 5.41) is -0.416. The second-order valence-corrected chi connectivity index (χ2v) is 3.79. The Morgan fingerprint density at radius 3 is 2.36 bits per heavy atom. The van der Waals surface area contributed by atoms with Gasteiger partial charge in [-0.15, -0.1) is 13.2 Å². The van der Waals surface area contributed by atoms with Crippen molar-refractivity contribution in [2.75, 3.05) is 0 Å². The van der Waals surface area contributed by atoms with E-state index in [4.69, 9.17) is 11.6 Å². The summed E-state index contributed by atoms with van der Waals surface area (Å²) in [5.74, 6) is -2.11. The maximum absolute atomic E-state index is 13.1. The van der Waals surface area contributed by atoms with Gasteiger partial charge in [-0.2, -0.15) is 0 Å². The lowest BCUT2D eigenvalue weighted by atomic mass is 10.3. The van der Waals surface area contributed by atoms with E-state index in [9.17, 15) is 17.6 Å². The molecule has 1 rings (SSSR count). The van der Waals surface area contributed by atoms with Crippen molar-refractivity contribution in [1.29, 1.82) is 0 Å². The van der Waals surface area contributed by atoms with Gasteiger partial charge < -0.3 is 4.74 Å². The molecule has 0 bridgehead atoms. The molecule has 0 aromatic heterocycles. The molecule has 1 nitrogen and oxygen atoms in total. The van der Waals surface area contributed by atoms with Crippen LogP contribution in [0.3, 0.4) is 0 Å². The van der Waals surface area contributed by atoms with E-state index < -0.39 is 23.0 Å². The Hall–Kier alpha value is -0.240. The van der Waals surface area contributed by atoms with Crippen LogP contribution in [0.4, 0.5) is 17.6 Å². The molecule has 0 saturated heterocycles. The molecule has 78 valence electrons. The summed E-state index contributed by atoms with van der Waals surface area (Å²) in [5.41, 5.74) is 0. The molecule has 7 heteroatoms. The molecule has 0 amide bonds. The molecular formula is C7H2ClF4IO. The van der Waals surface area contributed by atoms with Crippen LogP contribution < -0.4 is 4.74 Å². The minimum absolute atomic E-state index is 0.00579. The molecule has 0 unspecified atom stereocenters. The lowest BCUT2D eigenvalue weighted by Crippen LogP contribution is -2.18. The summed E-state index contributed by atoms with van der Waals surface area (Å²) in [6, 6.07) is 2.38. The van der Waals surface area contributed by atoms with Gasteiger partial charge in [0, 0.05) is 0 Å². The van der Waals surface area contributed by atoms with E-state index in [-0.39, 0.29) is 3.57 Å². The number of ether oxygens (including phenoxy) is 1. The van der Waals surface area contributed by atoms with Gasteiger partial charge in [0.25, 0.3) is 0 Å². The summed E-state index contributed by atoms with van der Waals surface area (Å²) in [4.78, 5) is 0. The molecule has 1 aromatic rings. The number of hydrogen-bond donors (Lipinski definition) is 0. The largest absolute Gasteiger partial charge is 0.573 e. The van der Waals surface area contributed by atoms with E-state index in [1.165, 1.54) is 28.7 Å². The summed E-state index contributed by atoms with van der Waals surface area (Å²) in [6.07, 6.45) is -4.95. The lowest BCUT2D eigenvalue weighted by Gasteiger charge is -2.11. The zero-order valence-electron chi connectivity index (χ0n) is 6.33. The maximum Gasteiger partial charge on any atom is 0.573 e. The molecule has 0 aliphatic carbocycles. The molecule has 0 fully saturated rings. The second-order valence-electron chi connectivity index (χ2n) is 2.22. The average Bonchev–Trinajstić information content (AvgIpc) is 2.04.